The van der Waals surface area contributed by atoms with Gasteiger partial charge in [-0.3, -0.25) is 4.79 Å². The molecule has 116 valence electrons. The Labute approximate surface area is 136 Å². The lowest BCUT2D eigenvalue weighted by molar-refractivity contribution is 0.104. The van der Waals surface area contributed by atoms with Gasteiger partial charge in [0.2, 0.25) is 5.78 Å². The standard InChI is InChI=1S/C20H19NO2/c1-20(2,3)23-18-11-9-15(10-12-18)13-17(14-21)19(22)16-7-5-4-6-8-16/h4-13H,1-3H3. The van der Waals surface area contributed by atoms with E-state index in [-0.39, 0.29) is 17.0 Å². The first-order valence-corrected chi connectivity index (χ1v) is 7.40. The maximum absolute atomic E-state index is 12.3. The SMILES string of the molecule is CC(C)(C)Oc1ccc(C=C(C#N)C(=O)c2ccccc2)cc1. The van der Waals surface area contributed by atoms with Crippen molar-refractivity contribution >= 4 is 11.9 Å². The summed E-state index contributed by atoms with van der Waals surface area (Å²) in [5, 5.41) is 9.26. The van der Waals surface area contributed by atoms with E-state index in [1.54, 1.807) is 30.3 Å². The maximum atomic E-state index is 12.3. The summed E-state index contributed by atoms with van der Waals surface area (Å²) in [6.45, 7) is 5.94. The molecule has 0 aliphatic carbocycles. The molecule has 0 fully saturated rings. The molecule has 2 aromatic rings. The van der Waals surface area contributed by atoms with E-state index < -0.39 is 0 Å². The molecule has 3 nitrogen and oxygen atoms in total. The van der Waals surface area contributed by atoms with Crippen molar-refractivity contribution < 1.29 is 9.53 Å². The number of allylic oxidation sites excluding steroid dienone is 1. The molecule has 0 spiro atoms. The highest BCUT2D eigenvalue weighted by molar-refractivity contribution is 6.14. The van der Waals surface area contributed by atoms with Gasteiger partial charge in [0.1, 0.15) is 23.0 Å². The minimum Gasteiger partial charge on any atom is -0.488 e. The van der Waals surface area contributed by atoms with Gasteiger partial charge in [0.25, 0.3) is 0 Å². The molecular formula is C20H19NO2. The van der Waals surface area contributed by atoms with Crippen LogP contribution in [0.25, 0.3) is 6.08 Å². The van der Waals surface area contributed by atoms with Crippen LogP contribution >= 0.6 is 0 Å². The van der Waals surface area contributed by atoms with Crippen LogP contribution in [0.4, 0.5) is 0 Å². The van der Waals surface area contributed by atoms with Crippen molar-refractivity contribution in [3.63, 3.8) is 0 Å². The largest absolute Gasteiger partial charge is 0.488 e. The van der Waals surface area contributed by atoms with Crippen LogP contribution in [0.5, 0.6) is 5.75 Å². The van der Waals surface area contributed by atoms with E-state index >= 15 is 0 Å². The predicted molar refractivity (Wildman–Crippen MR) is 91.2 cm³/mol. The smallest absolute Gasteiger partial charge is 0.203 e. The molecular weight excluding hydrogens is 286 g/mol. The van der Waals surface area contributed by atoms with Crippen LogP contribution in [-0.2, 0) is 0 Å². The fourth-order valence-electron chi connectivity index (χ4n) is 2.05. The fourth-order valence-corrected chi connectivity index (χ4v) is 2.05. The van der Waals surface area contributed by atoms with E-state index in [2.05, 4.69) is 0 Å². The first-order valence-electron chi connectivity index (χ1n) is 7.40. The number of carbonyl (C=O) groups excluding carboxylic acids is 1. The molecule has 0 unspecified atom stereocenters. The second-order valence-electron chi connectivity index (χ2n) is 6.15. The number of ether oxygens (including phenoxy) is 1. The molecule has 0 aliphatic rings. The lowest BCUT2D eigenvalue weighted by Gasteiger charge is -2.21. The summed E-state index contributed by atoms with van der Waals surface area (Å²) in [5.41, 5.74) is 1.14. The second kappa shape index (κ2) is 6.93. The van der Waals surface area contributed by atoms with Gasteiger partial charge in [0, 0.05) is 5.56 Å². The van der Waals surface area contributed by atoms with Crippen LogP contribution in [0, 0.1) is 11.3 Å². The Kier molecular flexibility index (Phi) is 4.98. The van der Waals surface area contributed by atoms with Crippen molar-refractivity contribution in [2.24, 2.45) is 0 Å². The van der Waals surface area contributed by atoms with Gasteiger partial charge in [-0.1, -0.05) is 42.5 Å². The van der Waals surface area contributed by atoms with Crippen molar-refractivity contribution in [2.75, 3.05) is 0 Å². The third-order valence-electron chi connectivity index (χ3n) is 3.02. The van der Waals surface area contributed by atoms with E-state index in [1.165, 1.54) is 0 Å². The van der Waals surface area contributed by atoms with Crippen LogP contribution in [0.2, 0.25) is 0 Å². The van der Waals surface area contributed by atoms with E-state index in [9.17, 15) is 10.1 Å². The van der Waals surface area contributed by atoms with Crippen molar-refractivity contribution in [3.05, 3.63) is 71.3 Å². The van der Waals surface area contributed by atoms with Crippen LogP contribution in [0.1, 0.15) is 36.7 Å². The maximum Gasteiger partial charge on any atom is 0.203 e. The molecule has 0 aromatic heterocycles. The molecule has 3 heteroatoms. The van der Waals surface area contributed by atoms with Gasteiger partial charge in [-0.25, -0.2) is 0 Å². The highest BCUT2D eigenvalue weighted by atomic mass is 16.5. The monoisotopic (exact) mass is 305 g/mol. The number of Topliss-reactive ketones (excluding diaryl/α,β-unsaturated/α-hetero) is 1. The summed E-state index contributed by atoms with van der Waals surface area (Å²) < 4.78 is 5.75. The number of rotatable bonds is 4. The summed E-state index contributed by atoms with van der Waals surface area (Å²) in [6, 6.07) is 18.1. The predicted octanol–water partition coefficient (Wildman–Crippen LogP) is 4.65. The van der Waals surface area contributed by atoms with Crippen LogP contribution in [-0.4, -0.2) is 11.4 Å². The number of hydrogen-bond donors (Lipinski definition) is 0. The topological polar surface area (TPSA) is 50.1 Å². The minimum absolute atomic E-state index is 0.112. The highest BCUT2D eigenvalue weighted by Crippen LogP contribution is 2.20. The molecule has 23 heavy (non-hydrogen) atoms. The summed E-state index contributed by atoms with van der Waals surface area (Å²) in [6.07, 6.45) is 1.59. The fraction of sp³-hybridized carbons (Fsp3) is 0.200. The zero-order valence-electron chi connectivity index (χ0n) is 13.5. The molecule has 0 atom stereocenters. The average Bonchev–Trinajstić information content (AvgIpc) is 2.53. The van der Waals surface area contributed by atoms with Crippen molar-refractivity contribution in [2.45, 2.75) is 26.4 Å². The molecule has 0 N–H and O–H groups in total. The van der Waals surface area contributed by atoms with Gasteiger partial charge < -0.3 is 4.74 Å². The number of nitriles is 1. The van der Waals surface area contributed by atoms with Crippen molar-refractivity contribution in [1.29, 1.82) is 5.26 Å². The number of hydrogen-bond acceptors (Lipinski definition) is 3. The van der Waals surface area contributed by atoms with Gasteiger partial charge in [-0.05, 0) is 44.5 Å². The zero-order valence-corrected chi connectivity index (χ0v) is 13.5. The Balaban J connectivity index is 2.22. The van der Waals surface area contributed by atoms with E-state index in [0.717, 1.165) is 11.3 Å². The Hall–Kier alpha value is -2.86. The zero-order chi connectivity index (χ0) is 16.9. The highest BCUT2D eigenvalue weighted by Gasteiger charge is 2.13. The molecule has 0 amide bonds. The lowest BCUT2D eigenvalue weighted by Crippen LogP contribution is -2.22. The lowest BCUT2D eigenvalue weighted by atomic mass is 10.0. The molecule has 2 rings (SSSR count). The Morgan fingerprint density at radius 1 is 1.04 bits per heavy atom. The summed E-state index contributed by atoms with van der Waals surface area (Å²) in [7, 11) is 0. The quantitative estimate of drug-likeness (QED) is 0.469. The number of ketones is 1. The molecule has 0 saturated heterocycles. The average molecular weight is 305 g/mol. The summed E-state index contributed by atoms with van der Waals surface area (Å²) in [4.78, 5) is 12.3. The Morgan fingerprint density at radius 2 is 1.65 bits per heavy atom. The Morgan fingerprint density at radius 3 is 2.17 bits per heavy atom. The van der Waals surface area contributed by atoms with E-state index in [0.29, 0.717) is 5.56 Å². The number of benzene rings is 2. The van der Waals surface area contributed by atoms with Gasteiger partial charge in [0.05, 0.1) is 0 Å². The van der Waals surface area contributed by atoms with Gasteiger partial charge in [-0.2, -0.15) is 5.26 Å². The normalized spacial score (nSPS) is 11.7. The second-order valence-corrected chi connectivity index (χ2v) is 6.15. The number of nitrogens with zero attached hydrogens (tertiary/aromatic N) is 1. The first kappa shape index (κ1) is 16.5. The molecule has 0 radical (unpaired) electrons. The molecule has 0 aliphatic heterocycles. The van der Waals surface area contributed by atoms with Gasteiger partial charge in [-0.15, -0.1) is 0 Å². The molecule has 2 aromatic carbocycles. The van der Waals surface area contributed by atoms with Crippen LogP contribution in [0.15, 0.2) is 60.2 Å². The first-order chi connectivity index (χ1) is 10.9. The van der Waals surface area contributed by atoms with Gasteiger partial charge in [0.15, 0.2) is 0 Å². The van der Waals surface area contributed by atoms with Gasteiger partial charge >= 0.3 is 0 Å². The van der Waals surface area contributed by atoms with E-state index in [1.807, 2.05) is 57.2 Å². The van der Waals surface area contributed by atoms with Crippen LogP contribution in [0.3, 0.4) is 0 Å². The van der Waals surface area contributed by atoms with E-state index in [4.69, 9.17) is 4.74 Å². The minimum atomic E-state index is -0.275. The third kappa shape index (κ3) is 4.82. The molecule has 0 bridgehead atoms. The Bertz CT molecular complexity index is 745. The number of carbonyl (C=O) groups is 1. The summed E-state index contributed by atoms with van der Waals surface area (Å²) >= 11 is 0. The van der Waals surface area contributed by atoms with Crippen molar-refractivity contribution in [1.82, 2.24) is 0 Å². The molecule has 0 heterocycles. The van der Waals surface area contributed by atoms with Crippen molar-refractivity contribution in [3.8, 4) is 11.8 Å². The third-order valence-corrected chi connectivity index (χ3v) is 3.02. The van der Waals surface area contributed by atoms with Crippen LogP contribution < -0.4 is 4.74 Å². The molecule has 0 saturated carbocycles. The summed E-state index contributed by atoms with van der Waals surface area (Å²) in [5.74, 6) is 0.477.